The van der Waals surface area contributed by atoms with E-state index in [1.165, 1.54) is 0 Å². The molecule has 1 saturated carbocycles. The van der Waals surface area contributed by atoms with Gasteiger partial charge in [-0.05, 0) is 37.1 Å². The molecule has 0 bridgehead atoms. The number of aliphatic hydroxyl groups is 1. The van der Waals surface area contributed by atoms with Crippen LogP contribution in [0, 0.1) is 0 Å². The average Bonchev–Trinajstić information content (AvgIpc) is 3.39. The van der Waals surface area contributed by atoms with E-state index in [2.05, 4.69) is 0 Å². The molecule has 1 fully saturated rings. The van der Waals surface area contributed by atoms with Crippen molar-refractivity contribution in [3.8, 4) is 17.0 Å². The zero-order valence-corrected chi connectivity index (χ0v) is 16.7. The third kappa shape index (κ3) is 2.93. The number of rotatable bonds is 6. The second-order valence-electron chi connectivity index (χ2n) is 7.75. The Balaban J connectivity index is 1.91. The number of ether oxygens (including phenoxy) is 1. The van der Waals surface area contributed by atoms with Gasteiger partial charge in [-0.15, -0.1) is 0 Å². The minimum atomic E-state index is -1.12. The van der Waals surface area contributed by atoms with Crippen molar-refractivity contribution in [2.24, 2.45) is 0 Å². The van der Waals surface area contributed by atoms with Crippen molar-refractivity contribution < 1.29 is 29.3 Å². The Morgan fingerprint density at radius 3 is 2.40 bits per heavy atom. The summed E-state index contributed by atoms with van der Waals surface area (Å²) < 4.78 is 7.35. The first-order valence-corrected chi connectivity index (χ1v) is 10.00. The first-order valence-electron chi connectivity index (χ1n) is 10.00. The quantitative estimate of drug-likeness (QED) is 0.705. The molecule has 1 aliphatic carbocycles. The van der Waals surface area contributed by atoms with Gasteiger partial charge in [0.05, 0.1) is 24.9 Å². The summed E-state index contributed by atoms with van der Waals surface area (Å²) in [5.74, 6) is -1.91. The smallest absolute Gasteiger partial charge is 0.303 e. The monoisotopic (exact) mass is 409 g/mol. The maximum absolute atomic E-state index is 13.6. The van der Waals surface area contributed by atoms with Crippen molar-refractivity contribution >= 4 is 23.3 Å². The molecule has 7 nitrogen and oxygen atoms in total. The molecule has 0 radical (unpaired) electrons. The van der Waals surface area contributed by atoms with E-state index in [4.69, 9.17) is 9.84 Å². The lowest BCUT2D eigenvalue weighted by atomic mass is 9.80. The molecule has 2 N–H and O–H groups in total. The summed E-state index contributed by atoms with van der Waals surface area (Å²) in [7, 11) is 1.58. The van der Waals surface area contributed by atoms with E-state index in [9.17, 15) is 19.5 Å². The Bertz CT molecular complexity index is 1070. The lowest BCUT2D eigenvalue weighted by Gasteiger charge is -2.37. The highest BCUT2D eigenvalue weighted by molar-refractivity contribution is 6.28. The molecule has 1 spiro atoms. The van der Waals surface area contributed by atoms with Crippen LogP contribution in [0.25, 0.3) is 17.0 Å². The summed E-state index contributed by atoms with van der Waals surface area (Å²) in [5.41, 5.74) is 0.696. The summed E-state index contributed by atoms with van der Waals surface area (Å²) in [4.78, 5) is 37.2. The van der Waals surface area contributed by atoms with E-state index in [1.54, 1.807) is 13.2 Å². The fraction of sp³-hybridized carbons (Fsp3) is 0.348. The Kier molecular flexibility index (Phi) is 4.97. The van der Waals surface area contributed by atoms with E-state index >= 15 is 0 Å². The molecule has 7 heteroatoms. The number of hydrogen-bond donors (Lipinski definition) is 2. The van der Waals surface area contributed by atoms with Crippen molar-refractivity contribution in [1.82, 2.24) is 4.57 Å². The molecule has 0 saturated heterocycles. The molecule has 1 aliphatic heterocycles. The Hall–Kier alpha value is -3.35. The number of aromatic nitrogens is 1. The maximum Gasteiger partial charge on any atom is 0.303 e. The molecule has 2 aromatic rings. The standard InChI is InChI=1S/C23H23NO6/c1-30-18-7-3-2-6-14(18)15-8-9-16-21(28)20(17(25)10-11-19(26)27)22(29)23(24(15)16)12-4-5-13-23/h2-3,6-9,28H,4-5,10-13H2,1H3,(H,26,27). The van der Waals surface area contributed by atoms with Gasteiger partial charge in [0, 0.05) is 12.0 Å². The van der Waals surface area contributed by atoms with Gasteiger partial charge in [-0.2, -0.15) is 0 Å². The van der Waals surface area contributed by atoms with Gasteiger partial charge in [0.25, 0.3) is 0 Å². The zero-order valence-electron chi connectivity index (χ0n) is 16.7. The fourth-order valence-corrected chi connectivity index (χ4v) is 4.73. The van der Waals surface area contributed by atoms with Crippen molar-refractivity contribution in [3.63, 3.8) is 0 Å². The number of benzene rings is 1. The molecule has 30 heavy (non-hydrogen) atoms. The number of methoxy groups -OCH3 is 1. The van der Waals surface area contributed by atoms with Gasteiger partial charge >= 0.3 is 5.97 Å². The van der Waals surface area contributed by atoms with E-state index in [0.29, 0.717) is 24.3 Å². The van der Waals surface area contributed by atoms with Gasteiger partial charge in [-0.3, -0.25) is 14.4 Å². The zero-order chi connectivity index (χ0) is 21.5. The Morgan fingerprint density at radius 1 is 1.07 bits per heavy atom. The normalized spacial score (nSPS) is 17.3. The summed E-state index contributed by atoms with van der Waals surface area (Å²) in [6, 6.07) is 11.0. The number of aliphatic hydroxyl groups excluding tert-OH is 1. The lowest BCUT2D eigenvalue weighted by molar-refractivity contribution is -0.138. The number of ketones is 2. The second-order valence-corrected chi connectivity index (χ2v) is 7.75. The topological polar surface area (TPSA) is 106 Å². The number of hydrogen-bond acceptors (Lipinski definition) is 5. The number of fused-ring (bicyclic) bond motifs is 2. The molecule has 156 valence electrons. The fourth-order valence-electron chi connectivity index (χ4n) is 4.73. The molecule has 0 amide bonds. The summed E-state index contributed by atoms with van der Waals surface area (Å²) in [6.45, 7) is 0. The van der Waals surface area contributed by atoms with Crippen LogP contribution in [0.3, 0.4) is 0 Å². The highest BCUT2D eigenvalue weighted by Gasteiger charge is 2.51. The predicted molar refractivity (Wildman–Crippen MR) is 109 cm³/mol. The number of carboxylic acids is 1. The van der Waals surface area contributed by atoms with Crippen LogP contribution in [0.4, 0.5) is 0 Å². The highest BCUT2D eigenvalue weighted by atomic mass is 16.5. The number of Topliss-reactive ketones (excluding diaryl/α,β-unsaturated/α-hetero) is 2. The molecule has 0 unspecified atom stereocenters. The summed E-state index contributed by atoms with van der Waals surface area (Å²) >= 11 is 0. The largest absolute Gasteiger partial charge is 0.505 e. The number of nitrogens with zero attached hydrogens (tertiary/aromatic N) is 1. The van der Waals surface area contributed by atoms with Crippen LogP contribution in [-0.4, -0.2) is 39.4 Å². The first kappa shape index (κ1) is 19.9. The predicted octanol–water partition coefficient (Wildman–Crippen LogP) is 3.72. The highest BCUT2D eigenvalue weighted by Crippen LogP contribution is 2.49. The third-order valence-corrected chi connectivity index (χ3v) is 6.10. The van der Waals surface area contributed by atoms with Gasteiger partial charge in [0.1, 0.15) is 16.9 Å². The van der Waals surface area contributed by atoms with Crippen LogP contribution in [0.2, 0.25) is 0 Å². The van der Waals surface area contributed by atoms with E-state index in [1.807, 2.05) is 34.9 Å². The molecule has 2 aliphatic rings. The molecule has 4 rings (SSSR count). The number of carbonyl (C=O) groups excluding carboxylic acids is 2. The Morgan fingerprint density at radius 2 is 1.73 bits per heavy atom. The van der Waals surface area contributed by atoms with Gasteiger partial charge in [-0.25, -0.2) is 0 Å². The molecule has 2 heterocycles. The molecule has 1 aromatic carbocycles. The number of carboxylic acid groups (broad SMARTS) is 1. The minimum Gasteiger partial charge on any atom is -0.505 e. The van der Waals surface area contributed by atoms with Crippen LogP contribution >= 0.6 is 0 Å². The van der Waals surface area contributed by atoms with Crippen LogP contribution in [-0.2, 0) is 19.9 Å². The SMILES string of the molecule is COc1ccccc1-c1ccc2n1C1(CCCC1)C(=O)C(C(=O)CCC(=O)O)=C2O. The molecule has 1 aromatic heterocycles. The third-order valence-electron chi connectivity index (χ3n) is 6.10. The summed E-state index contributed by atoms with van der Waals surface area (Å²) in [5, 5.41) is 19.8. The van der Waals surface area contributed by atoms with E-state index in [-0.39, 0.29) is 24.2 Å². The summed E-state index contributed by atoms with van der Waals surface area (Å²) in [6.07, 6.45) is 2.05. The maximum atomic E-state index is 13.6. The van der Waals surface area contributed by atoms with Gasteiger partial charge in [-0.1, -0.05) is 25.0 Å². The van der Waals surface area contributed by atoms with E-state index < -0.39 is 23.1 Å². The molecule has 0 atom stereocenters. The number of allylic oxidation sites excluding steroid dienone is 1. The number of carbonyl (C=O) groups is 3. The first-order chi connectivity index (χ1) is 14.4. The van der Waals surface area contributed by atoms with Crippen molar-refractivity contribution in [2.75, 3.05) is 7.11 Å². The second kappa shape index (κ2) is 7.48. The minimum absolute atomic E-state index is 0.268. The van der Waals surface area contributed by atoms with Crippen LogP contribution in [0.1, 0.15) is 44.2 Å². The number of para-hydroxylation sites is 1. The van der Waals surface area contributed by atoms with Crippen LogP contribution in [0.5, 0.6) is 5.75 Å². The average molecular weight is 409 g/mol. The van der Waals surface area contributed by atoms with Crippen LogP contribution < -0.4 is 4.74 Å². The van der Waals surface area contributed by atoms with Gasteiger partial charge in [0.2, 0.25) is 0 Å². The van der Waals surface area contributed by atoms with E-state index in [0.717, 1.165) is 24.1 Å². The van der Waals surface area contributed by atoms with Crippen molar-refractivity contribution in [2.45, 2.75) is 44.1 Å². The lowest BCUT2D eigenvalue weighted by Crippen LogP contribution is -2.46. The molecular formula is C23H23NO6. The van der Waals surface area contributed by atoms with Crippen LogP contribution in [0.15, 0.2) is 42.0 Å². The number of aliphatic carboxylic acids is 1. The molecular weight excluding hydrogens is 386 g/mol. The van der Waals surface area contributed by atoms with Crippen molar-refractivity contribution in [3.05, 3.63) is 47.7 Å². The van der Waals surface area contributed by atoms with Crippen molar-refractivity contribution in [1.29, 1.82) is 0 Å². The Labute approximate surface area is 173 Å². The van der Waals surface area contributed by atoms with Gasteiger partial charge in [0.15, 0.2) is 17.3 Å². The van der Waals surface area contributed by atoms with Gasteiger partial charge < -0.3 is 19.5 Å².